The molecule has 1 saturated heterocycles. The molecule has 4 N–H and O–H groups in total. The van der Waals surface area contributed by atoms with Crippen molar-refractivity contribution in [2.24, 2.45) is 10.4 Å². The van der Waals surface area contributed by atoms with E-state index < -0.39 is 5.41 Å². The van der Waals surface area contributed by atoms with E-state index in [0.29, 0.717) is 25.5 Å². The molecule has 7 heteroatoms. The Morgan fingerprint density at radius 1 is 1.50 bits per heavy atom. The molecule has 1 unspecified atom stereocenters. The minimum atomic E-state index is -0.521. The van der Waals surface area contributed by atoms with Crippen molar-refractivity contribution in [2.45, 2.75) is 32.7 Å². The van der Waals surface area contributed by atoms with Crippen molar-refractivity contribution in [3.05, 3.63) is 0 Å². The van der Waals surface area contributed by atoms with Crippen molar-refractivity contribution < 1.29 is 9.59 Å². The average molecular weight is 283 g/mol. The van der Waals surface area contributed by atoms with Crippen LogP contribution in [0, 0.1) is 5.41 Å². The summed E-state index contributed by atoms with van der Waals surface area (Å²) in [5.41, 5.74) is -0.521. The van der Waals surface area contributed by atoms with Crippen LogP contribution in [0.3, 0.4) is 0 Å². The first-order chi connectivity index (χ1) is 9.39. The quantitative estimate of drug-likeness (QED) is 0.401. The van der Waals surface area contributed by atoms with Gasteiger partial charge in [0.05, 0.1) is 5.41 Å². The number of rotatable bonds is 4. The molecule has 1 heterocycles. The summed E-state index contributed by atoms with van der Waals surface area (Å²) in [5, 5.41) is 11.9. The fourth-order valence-electron chi connectivity index (χ4n) is 1.97. The zero-order chi connectivity index (χ0) is 15.2. The number of guanidine groups is 1. The lowest BCUT2D eigenvalue weighted by Gasteiger charge is -2.28. The van der Waals surface area contributed by atoms with Crippen molar-refractivity contribution in [1.82, 2.24) is 21.3 Å². The molecule has 2 amide bonds. The first-order valence-corrected chi connectivity index (χ1v) is 6.85. The Kier molecular flexibility index (Phi) is 5.79. The van der Waals surface area contributed by atoms with Gasteiger partial charge in [0.2, 0.25) is 11.8 Å². The Balaban J connectivity index is 2.44. The Morgan fingerprint density at radius 2 is 2.20 bits per heavy atom. The van der Waals surface area contributed by atoms with Crippen LogP contribution in [0.25, 0.3) is 0 Å². The van der Waals surface area contributed by atoms with Crippen molar-refractivity contribution in [2.75, 3.05) is 27.2 Å². The molecule has 1 aliphatic heterocycles. The predicted molar refractivity (Wildman–Crippen MR) is 78.4 cm³/mol. The zero-order valence-electron chi connectivity index (χ0n) is 12.7. The Hall–Kier alpha value is -1.79. The number of carbonyl (C=O) groups excluding carboxylic acids is 2. The standard InChI is InChI=1S/C13H25N5O2/c1-13(2,11(20)14-3)8-17-12(15-4)18-9-5-6-10(19)16-7-9/h9H,5-8H2,1-4H3,(H,14,20)(H,16,19)(H2,15,17,18). The summed E-state index contributed by atoms with van der Waals surface area (Å²) in [6, 6.07) is 0.169. The third-order valence-electron chi connectivity index (χ3n) is 3.37. The normalized spacial score (nSPS) is 20.1. The second kappa shape index (κ2) is 7.12. The van der Waals surface area contributed by atoms with E-state index in [0.717, 1.165) is 6.42 Å². The van der Waals surface area contributed by atoms with E-state index in [9.17, 15) is 9.59 Å². The lowest BCUT2D eigenvalue weighted by molar-refractivity contribution is -0.128. The lowest BCUT2D eigenvalue weighted by atomic mass is 9.92. The summed E-state index contributed by atoms with van der Waals surface area (Å²) in [5.74, 6) is 0.709. The van der Waals surface area contributed by atoms with E-state index >= 15 is 0 Å². The van der Waals surface area contributed by atoms with Crippen molar-refractivity contribution in [3.8, 4) is 0 Å². The summed E-state index contributed by atoms with van der Waals surface area (Å²) >= 11 is 0. The Morgan fingerprint density at radius 3 is 2.70 bits per heavy atom. The number of hydrogen-bond acceptors (Lipinski definition) is 3. The average Bonchev–Trinajstić information content (AvgIpc) is 2.44. The molecule has 0 bridgehead atoms. The second-order valence-electron chi connectivity index (χ2n) is 5.57. The van der Waals surface area contributed by atoms with Crippen LogP contribution < -0.4 is 21.3 Å². The summed E-state index contributed by atoms with van der Waals surface area (Å²) in [6.45, 7) is 4.81. The van der Waals surface area contributed by atoms with Crippen molar-refractivity contribution in [3.63, 3.8) is 0 Å². The van der Waals surface area contributed by atoms with Gasteiger partial charge in [-0.2, -0.15) is 0 Å². The Labute approximate surface area is 120 Å². The van der Waals surface area contributed by atoms with E-state index in [1.807, 2.05) is 13.8 Å². The van der Waals surface area contributed by atoms with E-state index in [4.69, 9.17) is 0 Å². The van der Waals surface area contributed by atoms with Crippen LogP contribution in [0.15, 0.2) is 4.99 Å². The highest BCUT2D eigenvalue weighted by molar-refractivity contribution is 5.84. The summed E-state index contributed by atoms with van der Waals surface area (Å²) in [6.07, 6.45) is 1.31. The van der Waals surface area contributed by atoms with Crippen LogP contribution in [0.4, 0.5) is 0 Å². The van der Waals surface area contributed by atoms with Gasteiger partial charge in [-0.25, -0.2) is 0 Å². The molecular formula is C13H25N5O2. The second-order valence-corrected chi connectivity index (χ2v) is 5.57. The molecule has 7 nitrogen and oxygen atoms in total. The molecule has 1 aliphatic rings. The molecule has 0 spiro atoms. The van der Waals surface area contributed by atoms with E-state index in [-0.39, 0.29) is 17.9 Å². The third kappa shape index (κ3) is 4.71. The highest BCUT2D eigenvalue weighted by Crippen LogP contribution is 2.13. The monoisotopic (exact) mass is 283 g/mol. The van der Waals surface area contributed by atoms with Crippen molar-refractivity contribution >= 4 is 17.8 Å². The maximum atomic E-state index is 11.7. The molecule has 0 aromatic carbocycles. The number of amides is 2. The SMILES string of the molecule is CN=C(NCC(C)(C)C(=O)NC)NC1CCC(=O)NC1. The summed E-state index contributed by atoms with van der Waals surface area (Å²) in [4.78, 5) is 26.9. The maximum Gasteiger partial charge on any atom is 0.227 e. The smallest absolute Gasteiger partial charge is 0.227 e. The maximum absolute atomic E-state index is 11.7. The predicted octanol–water partition coefficient (Wildman–Crippen LogP) is -0.798. The number of nitrogens with one attached hydrogen (secondary N) is 4. The van der Waals surface area contributed by atoms with E-state index in [1.165, 1.54) is 0 Å². The first kappa shape index (κ1) is 16.3. The van der Waals surface area contributed by atoms with Gasteiger partial charge in [0.25, 0.3) is 0 Å². The zero-order valence-corrected chi connectivity index (χ0v) is 12.7. The molecule has 0 saturated carbocycles. The van der Waals surface area contributed by atoms with Gasteiger partial charge < -0.3 is 21.3 Å². The number of aliphatic imine (C=N–C) groups is 1. The highest BCUT2D eigenvalue weighted by atomic mass is 16.2. The number of hydrogen-bond donors (Lipinski definition) is 4. The first-order valence-electron chi connectivity index (χ1n) is 6.85. The van der Waals surface area contributed by atoms with Gasteiger partial charge >= 0.3 is 0 Å². The van der Waals surface area contributed by atoms with Crippen molar-refractivity contribution in [1.29, 1.82) is 0 Å². The van der Waals surface area contributed by atoms with Crippen LogP contribution in [0.1, 0.15) is 26.7 Å². The molecular weight excluding hydrogens is 258 g/mol. The van der Waals surface area contributed by atoms with Gasteiger partial charge in [0.15, 0.2) is 5.96 Å². The molecule has 0 aliphatic carbocycles. The van der Waals surface area contributed by atoms with Gasteiger partial charge in [-0.15, -0.1) is 0 Å². The molecule has 114 valence electrons. The summed E-state index contributed by atoms with van der Waals surface area (Å²) < 4.78 is 0. The minimum Gasteiger partial charge on any atom is -0.359 e. The van der Waals surface area contributed by atoms with Crippen LogP contribution in [0.2, 0.25) is 0 Å². The summed E-state index contributed by atoms with van der Waals surface area (Å²) in [7, 11) is 3.31. The third-order valence-corrected chi connectivity index (χ3v) is 3.37. The molecule has 1 rings (SSSR count). The molecule has 0 aromatic rings. The van der Waals surface area contributed by atoms with Gasteiger partial charge in [0, 0.05) is 39.6 Å². The fraction of sp³-hybridized carbons (Fsp3) is 0.769. The van der Waals surface area contributed by atoms with E-state index in [1.54, 1.807) is 14.1 Å². The van der Waals surface area contributed by atoms with Gasteiger partial charge in [-0.05, 0) is 20.3 Å². The van der Waals surface area contributed by atoms with E-state index in [2.05, 4.69) is 26.3 Å². The Bertz CT molecular complexity index is 382. The largest absolute Gasteiger partial charge is 0.359 e. The van der Waals surface area contributed by atoms with Gasteiger partial charge in [-0.3, -0.25) is 14.6 Å². The minimum absolute atomic E-state index is 0.0228. The lowest BCUT2D eigenvalue weighted by Crippen LogP contribution is -2.53. The van der Waals surface area contributed by atoms with Gasteiger partial charge in [0.1, 0.15) is 0 Å². The number of piperidine rings is 1. The number of nitrogens with zero attached hydrogens (tertiary/aromatic N) is 1. The number of carbonyl (C=O) groups is 2. The molecule has 20 heavy (non-hydrogen) atoms. The van der Waals surface area contributed by atoms with Crippen LogP contribution in [-0.4, -0.2) is 51.0 Å². The molecule has 0 aromatic heterocycles. The molecule has 1 fully saturated rings. The van der Waals surface area contributed by atoms with Crippen LogP contribution >= 0.6 is 0 Å². The fourth-order valence-corrected chi connectivity index (χ4v) is 1.97. The van der Waals surface area contributed by atoms with Crippen LogP contribution in [0.5, 0.6) is 0 Å². The highest BCUT2D eigenvalue weighted by Gasteiger charge is 2.27. The van der Waals surface area contributed by atoms with Crippen LogP contribution in [-0.2, 0) is 9.59 Å². The molecule has 0 radical (unpaired) electrons. The molecule has 1 atom stereocenters. The van der Waals surface area contributed by atoms with Gasteiger partial charge in [-0.1, -0.05) is 0 Å². The topological polar surface area (TPSA) is 94.6 Å².